The van der Waals surface area contributed by atoms with Gasteiger partial charge in [0.25, 0.3) is 5.56 Å². The maximum absolute atomic E-state index is 13.4. The molecule has 0 amide bonds. The van der Waals surface area contributed by atoms with Crippen LogP contribution in [0.2, 0.25) is 5.02 Å². The van der Waals surface area contributed by atoms with E-state index < -0.39 is 5.41 Å². The lowest BCUT2D eigenvalue weighted by Crippen LogP contribution is -2.29. The van der Waals surface area contributed by atoms with E-state index in [1.165, 1.54) is 4.68 Å². The molecular weight excluding hydrogens is 661 g/mol. The first kappa shape index (κ1) is 26.1. The van der Waals surface area contributed by atoms with E-state index in [0.29, 0.717) is 39.7 Å². The number of fused-ring (bicyclic) bond motifs is 1. The highest BCUT2D eigenvalue weighted by molar-refractivity contribution is 9.11. The molecule has 0 aliphatic rings. The Balaban J connectivity index is 1.75. The molecule has 1 aromatic heterocycles. The molecule has 3 aromatic carbocycles. The molecule has 9 heteroatoms. The van der Waals surface area contributed by atoms with Gasteiger partial charge in [-0.05, 0) is 48.5 Å². The number of halogens is 4. The molecule has 0 N–H and O–H groups in total. The average Bonchev–Trinajstić information content (AvgIpc) is 2.78. The number of ether oxygens (including phenoxy) is 1. The minimum Gasteiger partial charge on any atom is -0.488 e. The summed E-state index contributed by atoms with van der Waals surface area (Å²) < 4.78 is 10.2. The highest BCUT2D eigenvalue weighted by Gasteiger charge is 2.23. The maximum Gasteiger partial charge on any atom is 0.282 e. The van der Waals surface area contributed by atoms with Gasteiger partial charge < -0.3 is 4.74 Å². The summed E-state index contributed by atoms with van der Waals surface area (Å²) in [5.74, 6) is 1.15. The lowest BCUT2D eigenvalue weighted by Gasteiger charge is -2.21. The van der Waals surface area contributed by atoms with Crippen LogP contribution in [0.25, 0.3) is 10.9 Å². The summed E-state index contributed by atoms with van der Waals surface area (Å²) in [5, 5.41) is 5.57. The number of rotatable bonds is 5. The van der Waals surface area contributed by atoms with Crippen molar-refractivity contribution in [2.75, 3.05) is 0 Å². The van der Waals surface area contributed by atoms with E-state index >= 15 is 0 Å². The third kappa shape index (κ3) is 6.05. The van der Waals surface area contributed by atoms with E-state index in [0.717, 1.165) is 19.0 Å². The fourth-order valence-electron chi connectivity index (χ4n) is 3.41. The first-order valence-electron chi connectivity index (χ1n) is 10.7. The van der Waals surface area contributed by atoms with Crippen molar-refractivity contribution in [1.29, 1.82) is 0 Å². The number of nitrogens with zero attached hydrogens (tertiary/aromatic N) is 3. The molecule has 0 fully saturated rings. The Labute approximate surface area is 233 Å². The molecule has 0 aliphatic carbocycles. The molecule has 4 rings (SSSR count). The molecule has 180 valence electrons. The predicted octanol–water partition coefficient (Wildman–Crippen LogP) is 8.10. The molecule has 4 aromatic rings. The van der Waals surface area contributed by atoms with Crippen LogP contribution in [-0.2, 0) is 12.0 Å². The largest absolute Gasteiger partial charge is 0.488 e. The second-order valence-corrected chi connectivity index (χ2v) is 12.0. The van der Waals surface area contributed by atoms with Gasteiger partial charge in [-0.15, -0.1) is 0 Å². The average molecular weight is 683 g/mol. The first-order chi connectivity index (χ1) is 16.5. The normalized spacial score (nSPS) is 12.0. The van der Waals surface area contributed by atoms with Crippen LogP contribution in [0.3, 0.4) is 0 Å². The van der Waals surface area contributed by atoms with Crippen molar-refractivity contribution in [3.63, 3.8) is 0 Å². The standard InChI is InChI=1S/C26H21Br3ClN3O2/c1-26(2,3)25-32-22-8-6-17(27)11-20(22)24(34)33(25)31-13-16-10-19(30)7-9-23(16)35-14-15-4-5-18(28)12-21(15)29/h4-13H,14H2,1-3H3. The van der Waals surface area contributed by atoms with E-state index in [2.05, 4.69) is 52.9 Å². The third-order valence-electron chi connectivity index (χ3n) is 5.16. The summed E-state index contributed by atoms with van der Waals surface area (Å²) in [6.45, 7) is 6.33. The van der Waals surface area contributed by atoms with E-state index in [1.54, 1.807) is 30.5 Å². The molecule has 0 unspecified atom stereocenters. The first-order valence-corrected chi connectivity index (χ1v) is 13.4. The molecule has 0 atom stereocenters. The molecular formula is C26H21Br3ClN3O2. The number of hydrogen-bond donors (Lipinski definition) is 0. The van der Waals surface area contributed by atoms with Crippen LogP contribution in [0.15, 0.2) is 77.9 Å². The van der Waals surface area contributed by atoms with E-state index in [-0.39, 0.29) is 5.56 Å². The number of benzene rings is 3. The van der Waals surface area contributed by atoms with Crippen LogP contribution in [0, 0.1) is 0 Å². The molecule has 0 bridgehead atoms. The molecule has 0 aliphatic heterocycles. The summed E-state index contributed by atoms with van der Waals surface area (Å²) in [7, 11) is 0. The second-order valence-electron chi connectivity index (χ2n) is 8.91. The monoisotopic (exact) mass is 679 g/mol. The van der Waals surface area contributed by atoms with Gasteiger partial charge in [0.15, 0.2) is 0 Å². The lowest BCUT2D eigenvalue weighted by atomic mass is 9.95. The van der Waals surface area contributed by atoms with Gasteiger partial charge in [-0.2, -0.15) is 9.78 Å². The van der Waals surface area contributed by atoms with Crippen molar-refractivity contribution in [1.82, 2.24) is 9.66 Å². The number of aromatic nitrogens is 2. The van der Waals surface area contributed by atoms with Gasteiger partial charge in [-0.1, -0.05) is 86.2 Å². The van der Waals surface area contributed by atoms with Gasteiger partial charge in [-0.25, -0.2) is 4.98 Å². The van der Waals surface area contributed by atoms with Crippen molar-refractivity contribution in [3.05, 3.63) is 100 Å². The van der Waals surface area contributed by atoms with E-state index in [4.69, 9.17) is 21.3 Å². The Hall–Kier alpha value is -2.00. The van der Waals surface area contributed by atoms with Crippen LogP contribution < -0.4 is 10.3 Å². The van der Waals surface area contributed by atoms with Crippen LogP contribution in [0.4, 0.5) is 0 Å². The Morgan fingerprint density at radius 1 is 1.03 bits per heavy atom. The summed E-state index contributed by atoms with van der Waals surface area (Å²) in [6, 6.07) is 16.7. The lowest BCUT2D eigenvalue weighted by molar-refractivity contribution is 0.305. The van der Waals surface area contributed by atoms with Crippen molar-refractivity contribution >= 4 is 76.5 Å². The third-order valence-corrected chi connectivity index (χ3v) is 7.12. The van der Waals surface area contributed by atoms with Gasteiger partial charge in [-0.3, -0.25) is 4.79 Å². The fourth-order valence-corrected chi connectivity index (χ4v) is 5.11. The zero-order chi connectivity index (χ0) is 25.3. The Kier molecular flexibility index (Phi) is 7.86. The topological polar surface area (TPSA) is 56.5 Å². The zero-order valence-corrected chi connectivity index (χ0v) is 24.7. The quantitative estimate of drug-likeness (QED) is 0.200. The van der Waals surface area contributed by atoms with Crippen LogP contribution >= 0.6 is 59.4 Å². The van der Waals surface area contributed by atoms with Crippen LogP contribution in [-0.4, -0.2) is 15.9 Å². The molecule has 1 heterocycles. The summed E-state index contributed by atoms with van der Waals surface area (Å²) in [6.07, 6.45) is 1.58. The van der Waals surface area contributed by atoms with E-state index in [1.807, 2.05) is 51.1 Å². The van der Waals surface area contributed by atoms with Crippen molar-refractivity contribution in [3.8, 4) is 5.75 Å². The van der Waals surface area contributed by atoms with Gasteiger partial charge >= 0.3 is 0 Å². The summed E-state index contributed by atoms with van der Waals surface area (Å²) >= 11 is 16.7. The number of hydrogen-bond acceptors (Lipinski definition) is 4. The Morgan fingerprint density at radius 3 is 2.46 bits per heavy atom. The Bertz CT molecular complexity index is 1510. The van der Waals surface area contributed by atoms with Gasteiger partial charge in [0, 0.05) is 35.0 Å². The van der Waals surface area contributed by atoms with Crippen LogP contribution in [0.1, 0.15) is 37.7 Å². The van der Waals surface area contributed by atoms with Crippen molar-refractivity contribution in [2.45, 2.75) is 32.8 Å². The van der Waals surface area contributed by atoms with Gasteiger partial charge in [0.2, 0.25) is 0 Å². The predicted molar refractivity (Wildman–Crippen MR) is 153 cm³/mol. The second kappa shape index (κ2) is 10.5. The molecule has 35 heavy (non-hydrogen) atoms. The minimum absolute atomic E-state index is 0.249. The van der Waals surface area contributed by atoms with Gasteiger partial charge in [0.1, 0.15) is 18.2 Å². The molecule has 0 saturated heterocycles. The summed E-state index contributed by atoms with van der Waals surface area (Å²) in [5.41, 5.74) is 1.59. The zero-order valence-electron chi connectivity index (χ0n) is 19.2. The Morgan fingerprint density at radius 2 is 1.74 bits per heavy atom. The molecule has 0 spiro atoms. The maximum atomic E-state index is 13.4. The molecule has 0 radical (unpaired) electrons. The fraction of sp³-hybridized carbons (Fsp3) is 0.192. The van der Waals surface area contributed by atoms with Crippen molar-refractivity contribution in [2.24, 2.45) is 5.10 Å². The highest BCUT2D eigenvalue weighted by atomic mass is 79.9. The van der Waals surface area contributed by atoms with Crippen molar-refractivity contribution < 1.29 is 4.74 Å². The van der Waals surface area contributed by atoms with Crippen LogP contribution in [0.5, 0.6) is 5.75 Å². The molecule has 0 saturated carbocycles. The van der Waals surface area contributed by atoms with Gasteiger partial charge in [0.05, 0.1) is 17.1 Å². The minimum atomic E-state index is -0.417. The van der Waals surface area contributed by atoms with E-state index in [9.17, 15) is 4.79 Å². The molecule has 5 nitrogen and oxygen atoms in total. The smallest absolute Gasteiger partial charge is 0.282 e. The SMILES string of the molecule is CC(C)(C)c1nc2ccc(Br)cc2c(=O)n1N=Cc1cc(Cl)ccc1OCc1ccc(Br)cc1Br. The summed E-state index contributed by atoms with van der Waals surface area (Å²) in [4.78, 5) is 18.2. The highest BCUT2D eigenvalue weighted by Crippen LogP contribution is 2.27.